The molecular formula is C6H19PSi. The second kappa shape index (κ2) is 2.98. The molecule has 0 N–H and O–H groups in total. The zero-order chi connectivity index (χ0) is 6.78. The van der Waals surface area contributed by atoms with Crippen molar-refractivity contribution >= 4 is 16.1 Å². The molecular weight excluding hydrogens is 131 g/mol. The molecule has 0 bridgehead atoms. The second-order valence-corrected chi connectivity index (χ2v) is 13.7. The summed E-state index contributed by atoms with van der Waals surface area (Å²) < 4.78 is 0. The van der Waals surface area contributed by atoms with Crippen molar-refractivity contribution in [3.05, 3.63) is 0 Å². The average Bonchev–Trinajstić information content (AvgIpc) is 1.21. The number of hydrogen-bond donors (Lipinski definition) is 0. The summed E-state index contributed by atoms with van der Waals surface area (Å²) in [5, 5.41) is 0. The molecule has 0 aromatic rings. The van der Waals surface area contributed by atoms with Gasteiger partial charge in [-0.1, -0.05) is 0 Å². The molecule has 0 spiro atoms. The van der Waals surface area contributed by atoms with Gasteiger partial charge >= 0.3 is 54.9 Å². The van der Waals surface area contributed by atoms with Crippen LogP contribution in [-0.2, 0) is 0 Å². The molecule has 2 heteroatoms. The molecule has 0 saturated heterocycles. The Bertz CT molecular complexity index is 63.4. The number of rotatable bonds is 2. The number of hydrogen-bond acceptors (Lipinski definition) is 0. The molecule has 0 fully saturated rings. The molecule has 0 nitrogen and oxygen atoms in total. The molecule has 0 saturated carbocycles. The van der Waals surface area contributed by atoms with Gasteiger partial charge in [0.25, 0.3) is 0 Å². The summed E-state index contributed by atoms with van der Waals surface area (Å²) in [6.07, 6.45) is 0. The minimum atomic E-state index is -0.659. The monoisotopic (exact) mass is 150 g/mol. The standard InChI is InChI=1S/C6H19PSi/c1-7(2,3)6-8(4)5/h7-8H,6H2,1-5H3. The maximum atomic E-state index is 2.46. The normalized spacial score (nSPS) is 14.8. The molecule has 0 unspecified atom stereocenters. The van der Waals surface area contributed by atoms with Gasteiger partial charge in [-0.05, 0) is 0 Å². The fraction of sp³-hybridized carbons (Fsp3) is 1.00. The van der Waals surface area contributed by atoms with Gasteiger partial charge in [0.2, 0.25) is 0 Å². The molecule has 0 atom stereocenters. The molecule has 0 rings (SSSR count). The van der Waals surface area contributed by atoms with Crippen LogP contribution in [0.1, 0.15) is 0 Å². The summed E-state index contributed by atoms with van der Waals surface area (Å²) in [6.45, 7) is 12.3. The third-order valence-electron chi connectivity index (χ3n) is 1.02. The van der Waals surface area contributed by atoms with Crippen LogP contribution in [0.25, 0.3) is 0 Å². The van der Waals surface area contributed by atoms with Gasteiger partial charge in [-0.15, -0.1) is 0 Å². The van der Waals surface area contributed by atoms with Crippen LogP contribution in [0.5, 0.6) is 0 Å². The van der Waals surface area contributed by atoms with E-state index in [1.165, 1.54) is 0 Å². The zero-order valence-corrected chi connectivity index (χ0v) is 8.94. The maximum absolute atomic E-state index is 2.46. The predicted molar refractivity (Wildman–Crippen MR) is 49.8 cm³/mol. The van der Waals surface area contributed by atoms with Gasteiger partial charge in [0.1, 0.15) is 0 Å². The molecule has 0 aliphatic carbocycles. The molecule has 0 amide bonds. The Balaban J connectivity index is 3.39. The Kier molecular flexibility index (Phi) is 3.22. The molecule has 8 heavy (non-hydrogen) atoms. The van der Waals surface area contributed by atoms with E-state index < -0.39 is 7.26 Å². The van der Waals surface area contributed by atoms with Gasteiger partial charge in [-0.25, -0.2) is 0 Å². The Morgan fingerprint density at radius 3 is 1.50 bits per heavy atom. The van der Waals surface area contributed by atoms with Crippen molar-refractivity contribution in [3.63, 3.8) is 0 Å². The topological polar surface area (TPSA) is 0 Å². The first-order valence-electron chi connectivity index (χ1n) is 3.42. The van der Waals surface area contributed by atoms with E-state index in [0.29, 0.717) is 0 Å². The van der Waals surface area contributed by atoms with E-state index in [9.17, 15) is 0 Å². The van der Waals surface area contributed by atoms with Crippen LogP contribution in [-0.4, -0.2) is 34.6 Å². The van der Waals surface area contributed by atoms with Crippen LogP contribution in [0.2, 0.25) is 13.1 Å². The van der Waals surface area contributed by atoms with Crippen LogP contribution in [0, 0.1) is 0 Å². The summed E-state index contributed by atoms with van der Waals surface area (Å²) >= 11 is 0. The van der Waals surface area contributed by atoms with E-state index in [1.807, 2.05) is 0 Å². The zero-order valence-electron chi connectivity index (χ0n) is 6.78. The average molecular weight is 150 g/mol. The Morgan fingerprint density at radius 1 is 1.12 bits per heavy atom. The molecule has 0 aliphatic heterocycles. The Morgan fingerprint density at radius 2 is 1.50 bits per heavy atom. The summed E-state index contributed by atoms with van der Waals surface area (Å²) in [5.41, 5.74) is 0. The van der Waals surface area contributed by atoms with Gasteiger partial charge in [0.15, 0.2) is 0 Å². The first kappa shape index (κ1) is 8.65. The van der Waals surface area contributed by atoms with E-state index in [1.54, 1.807) is 5.79 Å². The van der Waals surface area contributed by atoms with Crippen LogP contribution >= 0.6 is 7.26 Å². The predicted octanol–water partition coefficient (Wildman–Crippen LogP) is 1.65. The van der Waals surface area contributed by atoms with Crippen molar-refractivity contribution in [2.24, 2.45) is 0 Å². The van der Waals surface area contributed by atoms with E-state index in [2.05, 4.69) is 33.1 Å². The van der Waals surface area contributed by atoms with Gasteiger partial charge in [0, 0.05) is 0 Å². The molecule has 52 valence electrons. The van der Waals surface area contributed by atoms with Crippen molar-refractivity contribution in [3.8, 4) is 0 Å². The first-order valence-corrected chi connectivity index (χ1v) is 10.2. The molecule has 0 aromatic carbocycles. The third-order valence-corrected chi connectivity index (χ3v) is 9.19. The fourth-order valence-electron chi connectivity index (χ4n) is 1.22. The third kappa shape index (κ3) is 6.65. The van der Waals surface area contributed by atoms with Gasteiger partial charge in [0.05, 0.1) is 0 Å². The molecule has 0 heterocycles. The quantitative estimate of drug-likeness (QED) is 0.415. The molecule has 0 aromatic heterocycles. The molecule has 0 aliphatic rings. The van der Waals surface area contributed by atoms with E-state index in [4.69, 9.17) is 0 Å². The van der Waals surface area contributed by atoms with Crippen LogP contribution in [0.4, 0.5) is 0 Å². The summed E-state index contributed by atoms with van der Waals surface area (Å²) in [6, 6.07) is 0. The minimum absolute atomic E-state index is 0.234. The molecule has 0 radical (unpaired) electrons. The van der Waals surface area contributed by atoms with E-state index in [0.717, 1.165) is 0 Å². The van der Waals surface area contributed by atoms with Crippen molar-refractivity contribution < 1.29 is 0 Å². The summed E-state index contributed by atoms with van der Waals surface area (Å²) in [4.78, 5) is 0. The fourth-order valence-corrected chi connectivity index (χ4v) is 11.0. The second-order valence-electron chi connectivity index (χ2n) is 4.16. The van der Waals surface area contributed by atoms with Crippen LogP contribution in [0.15, 0.2) is 0 Å². The van der Waals surface area contributed by atoms with Crippen LogP contribution in [0.3, 0.4) is 0 Å². The van der Waals surface area contributed by atoms with E-state index >= 15 is 0 Å². The first-order chi connectivity index (χ1) is 3.42. The Labute approximate surface area is 55.6 Å². The van der Waals surface area contributed by atoms with Crippen LogP contribution < -0.4 is 0 Å². The van der Waals surface area contributed by atoms with Crippen molar-refractivity contribution in [1.29, 1.82) is 0 Å². The SMILES string of the molecule is C[SiH](C)C[PH](C)(C)C. The van der Waals surface area contributed by atoms with Crippen molar-refractivity contribution in [1.82, 2.24) is 0 Å². The van der Waals surface area contributed by atoms with Crippen molar-refractivity contribution in [2.75, 3.05) is 25.8 Å². The Hall–Kier alpha value is 0.647. The van der Waals surface area contributed by atoms with E-state index in [-0.39, 0.29) is 8.80 Å². The van der Waals surface area contributed by atoms with Gasteiger partial charge in [-0.2, -0.15) is 0 Å². The van der Waals surface area contributed by atoms with Crippen molar-refractivity contribution in [2.45, 2.75) is 13.1 Å². The van der Waals surface area contributed by atoms with Gasteiger partial charge < -0.3 is 0 Å². The van der Waals surface area contributed by atoms with Gasteiger partial charge in [-0.3, -0.25) is 0 Å². The summed E-state index contributed by atoms with van der Waals surface area (Å²) in [5.74, 6) is 1.60. The summed E-state index contributed by atoms with van der Waals surface area (Å²) in [7, 11) is -0.892.